The third kappa shape index (κ3) is 12.7. The van der Waals surface area contributed by atoms with Crippen LogP contribution >= 0.6 is 0 Å². The topological polar surface area (TPSA) is 21.6 Å². The van der Waals surface area contributed by atoms with Gasteiger partial charge in [0.1, 0.15) is 5.70 Å². The maximum Gasteiger partial charge on any atom is 0.433 e. The Morgan fingerprint density at radius 2 is 1.52 bits per heavy atom. The van der Waals surface area contributed by atoms with Crippen LogP contribution < -0.4 is 0 Å². The van der Waals surface area contributed by atoms with E-state index in [1.54, 1.807) is 13.8 Å². The molecule has 142 valence electrons. The van der Waals surface area contributed by atoms with Gasteiger partial charge in [0.2, 0.25) is 5.90 Å². The van der Waals surface area contributed by atoms with Crippen LogP contribution in [0.25, 0.3) is 0 Å². The second kappa shape index (κ2) is 15.2. The summed E-state index contributed by atoms with van der Waals surface area (Å²) < 4.78 is 56.5. The number of halogens is 4. The van der Waals surface area contributed by atoms with Gasteiger partial charge in [0, 0.05) is 0 Å². The molecule has 0 unspecified atom stereocenters. The van der Waals surface area contributed by atoms with Gasteiger partial charge in [-0.05, 0) is 39.0 Å². The van der Waals surface area contributed by atoms with Crippen molar-refractivity contribution >= 4 is 5.90 Å². The van der Waals surface area contributed by atoms with Crippen LogP contribution in [0.2, 0.25) is 0 Å². The van der Waals surface area contributed by atoms with Crippen molar-refractivity contribution in [3.63, 3.8) is 0 Å². The molecule has 0 saturated heterocycles. The number of hydrogen-bond donors (Lipinski definition) is 0. The molecule has 0 aromatic rings. The molecule has 0 atom stereocenters. The van der Waals surface area contributed by atoms with Crippen LogP contribution in [0.1, 0.15) is 34.6 Å². The van der Waals surface area contributed by atoms with Gasteiger partial charge in [0.25, 0.3) is 0 Å². The maximum absolute atomic E-state index is 13.7. The minimum absolute atomic E-state index is 0.340. The summed E-state index contributed by atoms with van der Waals surface area (Å²) in [6.45, 7) is 21.1. The molecule has 0 fully saturated rings. The van der Waals surface area contributed by atoms with Crippen LogP contribution in [-0.2, 0) is 4.74 Å². The molecule has 0 aliphatic heterocycles. The minimum atomic E-state index is -4.64. The Morgan fingerprint density at radius 1 is 1.04 bits per heavy atom. The van der Waals surface area contributed by atoms with Crippen LogP contribution in [0.15, 0.2) is 78.5 Å². The average molecular weight is 361 g/mol. The summed E-state index contributed by atoms with van der Waals surface area (Å²) in [6.07, 6.45) is -0.706. The lowest BCUT2D eigenvalue weighted by atomic mass is 10.3. The average Bonchev–Trinajstić information content (AvgIpc) is 2.57. The first kappa shape index (κ1) is 27.5. The Hall–Kier alpha value is -2.37. The number of hydrogen-bond acceptors (Lipinski definition) is 2. The lowest BCUT2D eigenvalue weighted by Crippen LogP contribution is -2.12. The fourth-order valence-electron chi connectivity index (χ4n) is 1.15. The van der Waals surface area contributed by atoms with E-state index in [1.807, 2.05) is 13.8 Å². The van der Waals surface area contributed by atoms with Gasteiger partial charge in [-0.3, -0.25) is 0 Å². The van der Waals surface area contributed by atoms with Crippen LogP contribution in [-0.4, -0.2) is 12.1 Å². The van der Waals surface area contributed by atoms with Crippen molar-refractivity contribution in [2.45, 2.75) is 40.8 Å². The van der Waals surface area contributed by atoms with E-state index in [0.717, 1.165) is 24.3 Å². The Kier molecular flexibility index (Phi) is 16.7. The molecule has 0 aromatic carbocycles. The van der Waals surface area contributed by atoms with Gasteiger partial charge in [-0.1, -0.05) is 38.7 Å². The minimum Gasteiger partial charge on any atom is -0.436 e. The summed E-state index contributed by atoms with van der Waals surface area (Å²) in [5, 5.41) is 0. The molecule has 25 heavy (non-hydrogen) atoms. The Balaban J connectivity index is -0.00000112. The molecular formula is C19H27F4NO. The largest absolute Gasteiger partial charge is 0.436 e. The maximum atomic E-state index is 13.7. The van der Waals surface area contributed by atoms with Gasteiger partial charge in [0.15, 0.2) is 11.6 Å². The number of ether oxygens (including phenoxy) is 1. The summed E-state index contributed by atoms with van der Waals surface area (Å²) in [5.41, 5.74) is -0.514. The molecule has 0 aromatic heterocycles. The van der Waals surface area contributed by atoms with Gasteiger partial charge in [-0.25, -0.2) is 9.38 Å². The van der Waals surface area contributed by atoms with E-state index in [-0.39, 0.29) is 5.76 Å². The highest BCUT2D eigenvalue weighted by atomic mass is 19.4. The molecule has 2 nitrogen and oxygen atoms in total. The molecule has 0 aliphatic carbocycles. The van der Waals surface area contributed by atoms with Gasteiger partial charge in [0.05, 0.1) is 0 Å². The fourth-order valence-corrected chi connectivity index (χ4v) is 1.15. The third-order valence-electron chi connectivity index (χ3n) is 2.02. The van der Waals surface area contributed by atoms with Crippen molar-refractivity contribution in [3.05, 3.63) is 73.5 Å². The molecule has 0 aliphatic rings. The SMILES string of the molecule is C=C.C=CC(=N/C(=C\C)C(F)(F)F)O/C(C=C)=C(\F)C=C(C)C.CC. The quantitative estimate of drug-likeness (QED) is 0.127. The summed E-state index contributed by atoms with van der Waals surface area (Å²) in [4.78, 5) is 3.28. The van der Waals surface area contributed by atoms with E-state index in [0.29, 0.717) is 5.57 Å². The number of alkyl halides is 3. The Bertz CT molecular complexity index is 534. The van der Waals surface area contributed by atoms with Gasteiger partial charge < -0.3 is 4.74 Å². The normalized spacial score (nSPS) is 12.4. The highest BCUT2D eigenvalue weighted by Gasteiger charge is 2.33. The van der Waals surface area contributed by atoms with Gasteiger partial charge >= 0.3 is 6.18 Å². The molecular weight excluding hydrogens is 334 g/mol. The zero-order valence-corrected chi connectivity index (χ0v) is 15.5. The van der Waals surface area contributed by atoms with Crippen LogP contribution in [0.3, 0.4) is 0 Å². The third-order valence-corrected chi connectivity index (χ3v) is 2.02. The molecule has 0 N–H and O–H groups in total. The molecule has 0 rings (SSSR count). The molecule has 6 heteroatoms. The molecule has 0 saturated carbocycles. The Labute approximate surface area is 148 Å². The lowest BCUT2D eigenvalue weighted by molar-refractivity contribution is -0.0925. The van der Waals surface area contributed by atoms with Crippen molar-refractivity contribution < 1.29 is 22.3 Å². The number of nitrogens with zero attached hydrogens (tertiary/aromatic N) is 1. The summed E-state index contributed by atoms with van der Waals surface area (Å²) >= 11 is 0. The van der Waals surface area contributed by atoms with Crippen molar-refractivity contribution in [2.24, 2.45) is 4.99 Å². The number of allylic oxidation sites excluding steroid dienone is 6. The second-order valence-electron chi connectivity index (χ2n) is 4.07. The highest BCUT2D eigenvalue weighted by Crippen LogP contribution is 2.27. The summed E-state index contributed by atoms with van der Waals surface area (Å²) in [7, 11) is 0. The van der Waals surface area contributed by atoms with E-state index in [2.05, 4.69) is 31.3 Å². The standard InChI is InChI=1S/C15H17F4NO.C2H6.C2H4/c1-6-12(11(16)9-10(4)5)21-14(8-3)20-13(7-2)15(17,18)19;2*1-2/h6-9H,1,3H2,2,4-5H3;1-2H3;1-2H2/b12-11-,13-7-,20-14?;;. The zero-order valence-electron chi connectivity index (χ0n) is 15.5. The predicted octanol–water partition coefficient (Wildman–Crippen LogP) is 7.22. The predicted molar refractivity (Wildman–Crippen MR) is 98.9 cm³/mol. The van der Waals surface area contributed by atoms with E-state index < -0.39 is 23.6 Å². The van der Waals surface area contributed by atoms with E-state index in [9.17, 15) is 17.6 Å². The molecule has 0 spiro atoms. The highest BCUT2D eigenvalue weighted by molar-refractivity contribution is 5.89. The Morgan fingerprint density at radius 3 is 1.80 bits per heavy atom. The zero-order chi connectivity index (χ0) is 20.6. The van der Waals surface area contributed by atoms with Crippen molar-refractivity contribution in [2.75, 3.05) is 0 Å². The van der Waals surface area contributed by atoms with Gasteiger partial charge in [-0.2, -0.15) is 13.2 Å². The molecule has 0 radical (unpaired) electrons. The fraction of sp³-hybridized carbons (Fsp3) is 0.316. The first-order valence-corrected chi connectivity index (χ1v) is 7.45. The van der Waals surface area contributed by atoms with Crippen molar-refractivity contribution in [3.8, 4) is 0 Å². The molecule has 0 amide bonds. The van der Waals surface area contributed by atoms with Crippen LogP contribution in [0, 0.1) is 0 Å². The van der Waals surface area contributed by atoms with Crippen molar-refractivity contribution in [1.29, 1.82) is 0 Å². The lowest BCUT2D eigenvalue weighted by Gasteiger charge is -2.10. The second-order valence-corrected chi connectivity index (χ2v) is 4.07. The van der Waals surface area contributed by atoms with E-state index in [4.69, 9.17) is 4.74 Å². The smallest absolute Gasteiger partial charge is 0.433 e. The van der Waals surface area contributed by atoms with Crippen LogP contribution in [0.4, 0.5) is 17.6 Å². The molecule has 0 heterocycles. The molecule has 0 bridgehead atoms. The van der Waals surface area contributed by atoms with E-state index >= 15 is 0 Å². The first-order valence-electron chi connectivity index (χ1n) is 7.45. The van der Waals surface area contributed by atoms with Crippen LogP contribution in [0.5, 0.6) is 0 Å². The van der Waals surface area contributed by atoms with Crippen molar-refractivity contribution in [1.82, 2.24) is 0 Å². The number of aliphatic imine (C=N–C) groups is 1. The monoisotopic (exact) mass is 361 g/mol. The van der Waals surface area contributed by atoms with E-state index in [1.165, 1.54) is 6.92 Å². The number of rotatable bonds is 5. The summed E-state index contributed by atoms with van der Waals surface area (Å²) in [5.74, 6) is -1.59. The summed E-state index contributed by atoms with van der Waals surface area (Å²) in [6, 6.07) is 0. The van der Waals surface area contributed by atoms with Gasteiger partial charge in [-0.15, -0.1) is 13.2 Å². The first-order chi connectivity index (χ1) is 11.6.